The van der Waals surface area contributed by atoms with E-state index in [4.69, 9.17) is 4.74 Å². The average molecular weight is 231 g/mol. The summed E-state index contributed by atoms with van der Waals surface area (Å²) in [5.41, 5.74) is 1.34. The van der Waals surface area contributed by atoms with Crippen LogP contribution in [-0.2, 0) is 0 Å². The third-order valence-corrected chi connectivity index (χ3v) is 3.38. The van der Waals surface area contributed by atoms with E-state index in [0.717, 1.165) is 31.7 Å². The van der Waals surface area contributed by atoms with E-state index in [-0.39, 0.29) is 0 Å². The van der Waals surface area contributed by atoms with Crippen molar-refractivity contribution in [3.63, 3.8) is 0 Å². The molecule has 0 saturated carbocycles. The van der Waals surface area contributed by atoms with Gasteiger partial charge in [0.15, 0.2) is 0 Å². The molecule has 2 rings (SSSR count). The minimum Gasteiger partial charge on any atom is -0.493 e. The zero-order chi connectivity index (χ0) is 12.1. The lowest BCUT2D eigenvalue weighted by atomic mass is 9.85. The van der Waals surface area contributed by atoms with Crippen LogP contribution in [0.1, 0.15) is 31.2 Å². The van der Waals surface area contributed by atoms with Crippen LogP contribution >= 0.6 is 0 Å². The van der Waals surface area contributed by atoms with Gasteiger partial charge in [0.1, 0.15) is 5.75 Å². The molecule has 0 aromatic heterocycles. The van der Waals surface area contributed by atoms with Crippen molar-refractivity contribution < 1.29 is 4.74 Å². The second-order valence-corrected chi connectivity index (χ2v) is 4.47. The summed E-state index contributed by atoms with van der Waals surface area (Å²) in [6.45, 7) is 7.83. The molecule has 1 aromatic rings. The molecule has 2 unspecified atom stereocenters. The topological polar surface area (TPSA) is 21.3 Å². The molecule has 1 heterocycles. The monoisotopic (exact) mass is 231 g/mol. The second kappa shape index (κ2) is 5.87. The van der Waals surface area contributed by atoms with E-state index in [1.54, 1.807) is 0 Å². The van der Waals surface area contributed by atoms with Crippen LogP contribution in [0.5, 0.6) is 5.75 Å². The first kappa shape index (κ1) is 12.2. The van der Waals surface area contributed by atoms with E-state index >= 15 is 0 Å². The van der Waals surface area contributed by atoms with Gasteiger partial charge in [-0.15, -0.1) is 6.58 Å². The number of rotatable bonds is 5. The SMILES string of the molecule is C=CCC(NCC)C1CCOc2ccccc21. The number of para-hydroxylation sites is 1. The largest absolute Gasteiger partial charge is 0.493 e. The van der Waals surface area contributed by atoms with Crippen LogP contribution < -0.4 is 10.1 Å². The third kappa shape index (κ3) is 2.70. The molecule has 1 N–H and O–H groups in total. The van der Waals surface area contributed by atoms with Crippen LogP contribution in [0.3, 0.4) is 0 Å². The van der Waals surface area contributed by atoms with E-state index < -0.39 is 0 Å². The van der Waals surface area contributed by atoms with Crippen LogP contribution in [0.4, 0.5) is 0 Å². The van der Waals surface area contributed by atoms with Crippen molar-refractivity contribution in [3.8, 4) is 5.75 Å². The van der Waals surface area contributed by atoms with Gasteiger partial charge in [0.05, 0.1) is 6.61 Å². The van der Waals surface area contributed by atoms with Crippen LogP contribution in [0.15, 0.2) is 36.9 Å². The minimum absolute atomic E-state index is 0.475. The van der Waals surface area contributed by atoms with Crippen molar-refractivity contribution in [1.29, 1.82) is 0 Å². The van der Waals surface area contributed by atoms with Crippen molar-refractivity contribution in [2.75, 3.05) is 13.2 Å². The number of ether oxygens (including phenoxy) is 1. The van der Waals surface area contributed by atoms with Crippen LogP contribution in [0.2, 0.25) is 0 Å². The molecule has 0 spiro atoms. The fourth-order valence-corrected chi connectivity index (χ4v) is 2.62. The lowest BCUT2D eigenvalue weighted by Gasteiger charge is -2.32. The van der Waals surface area contributed by atoms with Gasteiger partial charge in [0, 0.05) is 12.0 Å². The smallest absolute Gasteiger partial charge is 0.122 e. The Labute approximate surface area is 104 Å². The van der Waals surface area contributed by atoms with Crippen LogP contribution in [0, 0.1) is 0 Å². The van der Waals surface area contributed by atoms with Crippen molar-refractivity contribution in [2.45, 2.75) is 31.7 Å². The molecular weight excluding hydrogens is 210 g/mol. The van der Waals surface area contributed by atoms with Crippen molar-refractivity contribution in [2.24, 2.45) is 0 Å². The number of hydrogen-bond acceptors (Lipinski definition) is 2. The van der Waals surface area contributed by atoms with Crippen molar-refractivity contribution in [1.82, 2.24) is 5.32 Å². The first-order chi connectivity index (χ1) is 8.36. The standard InChI is InChI=1S/C15H21NO/c1-3-7-14(16-4-2)12-10-11-17-15-9-6-5-8-13(12)15/h3,5-6,8-9,12,14,16H,1,4,7,10-11H2,2H3. The normalized spacial score (nSPS) is 20.2. The molecule has 17 heavy (non-hydrogen) atoms. The van der Waals surface area contributed by atoms with E-state index in [2.05, 4.69) is 37.0 Å². The Kier molecular flexibility index (Phi) is 4.21. The highest BCUT2D eigenvalue weighted by Gasteiger charge is 2.27. The predicted molar refractivity (Wildman–Crippen MR) is 71.6 cm³/mol. The maximum Gasteiger partial charge on any atom is 0.122 e. The molecule has 2 nitrogen and oxygen atoms in total. The molecule has 0 fully saturated rings. The summed E-state index contributed by atoms with van der Waals surface area (Å²) in [6.07, 6.45) is 4.10. The van der Waals surface area contributed by atoms with Gasteiger partial charge in [-0.1, -0.05) is 31.2 Å². The van der Waals surface area contributed by atoms with Gasteiger partial charge in [-0.2, -0.15) is 0 Å². The quantitative estimate of drug-likeness (QED) is 0.786. The molecule has 0 aliphatic carbocycles. The third-order valence-electron chi connectivity index (χ3n) is 3.38. The summed E-state index contributed by atoms with van der Waals surface area (Å²) in [4.78, 5) is 0. The Balaban J connectivity index is 2.23. The molecule has 0 amide bonds. The van der Waals surface area contributed by atoms with Crippen LogP contribution in [-0.4, -0.2) is 19.2 Å². The molecule has 0 saturated heterocycles. The lowest BCUT2D eigenvalue weighted by molar-refractivity contribution is 0.246. The summed E-state index contributed by atoms with van der Waals surface area (Å²) >= 11 is 0. The summed E-state index contributed by atoms with van der Waals surface area (Å²) in [5.74, 6) is 1.59. The molecule has 1 aliphatic rings. The minimum atomic E-state index is 0.475. The molecule has 0 bridgehead atoms. The van der Waals surface area contributed by atoms with E-state index in [0.29, 0.717) is 12.0 Å². The first-order valence-corrected chi connectivity index (χ1v) is 6.42. The van der Waals surface area contributed by atoms with Gasteiger partial charge in [-0.3, -0.25) is 0 Å². The fraction of sp³-hybridized carbons (Fsp3) is 0.467. The van der Waals surface area contributed by atoms with Gasteiger partial charge in [-0.05, 0) is 31.0 Å². The molecular formula is C15H21NO. The zero-order valence-electron chi connectivity index (χ0n) is 10.5. The van der Waals surface area contributed by atoms with Gasteiger partial charge >= 0.3 is 0 Å². The summed E-state index contributed by atoms with van der Waals surface area (Å²) in [5, 5.41) is 3.57. The molecule has 1 aromatic carbocycles. The average Bonchev–Trinajstić information content (AvgIpc) is 2.38. The number of nitrogens with one attached hydrogen (secondary N) is 1. The first-order valence-electron chi connectivity index (χ1n) is 6.42. The maximum atomic E-state index is 5.71. The molecule has 2 atom stereocenters. The van der Waals surface area contributed by atoms with E-state index in [1.165, 1.54) is 5.56 Å². The Morgan fingerprint density at radius 3 is 3.12 bits per heavy atom. The van der Waals surface area contributed by atoms with Crippen molar-refractivity contribution >= 4 is 0 Å². The highest BCUT2D eigenvalue weighted by Crippen LogP contribution is 2.36. The highest BCUT2D eigenvalue weighted by atomic mass is 16.5. The van der Waals surface area contributed by atoms with Gasteiger partial charge in [0.25, 0.3) is 0 Å². The van der Waals surface area contributed by atoms with E-state index in [1.807, 2.05) is 12.1 Å². The summed E-state index contributed by atoms with van der Waals surface area (Å²) in [7, 11) is 0. The van der Waals surface area contributed by atoms with Crippen LogP contribution in [0.25, 0.3) is 0 Å². The Morgan fingerprint density at radius 1 is 1.53 bits per heavy atom. The number of benzene rings is 1. The second-order valence-electron chi connectivity index (χ2n) is 4.47. The van der Waals surface area contributed by atoms with Crippen molar-refractivity contribution in [3.05, 3.63) is 42.5 Å². The van der Waals surface area contributed by atoms with E-state index in [9.17, 15) is 0 Å². The molecule has 0 radical (unpaired) electrons. The lowest BCUT2D eigenvalue weighted by Crippen LogP contribution is -2.36. The Hall–Kier alpha value is -1.28. The summed E-state index contributed by atoms with van der Waals surface area (Å²) < 4.78 is 5.71. The molecule has 1 aliphatic heterocycles. The zero-order valence-corrected chi connectivity index (χ0v) is 10.5. The van der Waals surface area contributed by atoms with Gasteiger partial charge in [-0.25, -0.2) is 0 Å². The van der Waals surface area contributed by atoms with Gasteiger partial charge < -0.3 is 10.1 Å². The molecule has 2 heteroatoms. The Bertz CT molecular complexity index is 375. The predicted octanol–water partition coefficient (Wildman–Crippen LogP) is 3.11. The summed E-state index contributed by atoms with van der Waals surface area (Å²) in [6, 6.07) is 8.86. The molecule has 92 valence electrons. The van der Waals surface area contributed by atoms with Gasteiger partial charge in [0.2, 0.25) is 0 Å². The Morgan fingerprint density at radius 2 is 2.35 bits per heavy atom. The number of fused-ring (bicyclic) bond motifs is 1. The number of likely N-dealkylation sites (N-methyl/N-ethyl adjacent to an activating group) is 1. The fourth-order valence-electron chi connectivity index (χ4n) is 2.62. The highest BCUT2D eigenvalue weighted by molar-refractivity contribution is 5.38. The maximum absolute atomic E-state index is 5.71. The number of hydrogen-bond donors (Lipinski definition) is 1.